The van der Waals surface area contributed by atoms with Gasteiger partial charge in [-0.1, -0.05) is 13.8 Å². The summed E-state index contributed by atoms with van der Waals surface area (Å²) in [6, 6.07) is -0.722. The number of hydrogen-bond donors (Lipinski definition) is 5. The Bertz CT molecular complexity index is 1620. The van der Waals surface area contributed by atoms with Crippen LogP contribution in [0.5, 0.6) is 0 Å². The number of alkyl halides is 1. The number of carbonyl (C=O) groups is 2. The SMILES string of the molecule is CO[C@]1(C)C[C@H](O[C@H]2[C@H](C)[C@@H](O[C@@H]3O[C@H](C)C[C@H](N(C)C)[C@H]3OCCCNC(=O)c3cncn3C)[C@](C)(O)C[C@@H](C)CN(C)[C@H](C)[C@@H](O)[C@](C)(O)[C@@H](I)OC(=O)[C@@H]2C)O[C@@H](C)[C@@H]1O. The third-order valence-electron chi connectivity index (χ3n) is 13.5. The fourth-order valence-corrected chi connectivity index (χ4v) is 10.1. The van der Waals surface area contributed by atoms with E-state index >= 15 is 0 Å². The number of halogens is 1. The monoisotopic (exact) mass is 1010 g/mol. The van der Waals surface area contributed by atoms with E-state index in [0.717, 1.165) is 0 Å². The zero-order chi connectivity index (χ0) is 47.4. The molecule has 3 aliphatic heterocycles. The molecule has 3 fully saturated rings. The number of likely N-dealkylation sites (N-methyl/N-ethyl adjacent to an activating group) is 2. The highest BCUT2D eigenvalue weighted by atomic mass is 127. The van der Waals surface area contributed by atoms with Gasteiger partial charge in [0.15, 0.2) is 16.7 Å². The minimum atomic E-state index is -1.84. The van der Waals surface area contributed by atoms with Crippen LogP contribution in [0.2, 0.25) is 0 Å². The number of carbonyl (C=O) groups excluding carboxylic acids is 2. The number of nitrogens with one attached hydrogen (secondary N) is 1. The summed E-state index contributed by atoms with van der Waals surface area (Å²) in [6.07, 6.45) is -3.38. The molecule has 4 rings (SSSR count). The van der Waals surface area contributed by atoms with Crippen LogP contribution in [0.1, 0.15) is 98.5 Å². The zero-order valence-electron chi connectivity index (χ0n) is 39.9. The molecule has 3 aliphatic rings. The molecule has 1 aromatic heterocycles. The highest BCUT2D eigenvalue weighted by Crippen LogP contribution is 2.40. The highest BCUT2D eigenvalue weighted by molar-refractivity contribution is 14.1. The number of ether oxygens (including phenoxy) is 7. The fraction of sp³-hybridized carbons (Fsp3) is 0.886. The van der Waals surface area contributed by atoms with Gasteiger partial charge < -0.3 is 73.3 Å². The first-order chi connectivity index (χ1) is 29.2. The lowest BCUT2D eigenvalue weighted by Gasteiger charge is -2.49. The minimum absolute atomic E-state index is 0.116. The van der Waals surface area contributed by atoms with Crippen molar-refractivity contribution in [1.82, 2.24) is 24.7 Å². The van der Waals surface area contributed by atoms with Crippen molar-refractivity contribution in [3.05, 3.63) is 18.2 Å². The van der Waals surface area contributed by atoms with Crippen molar-refractivity contribution in [3.63, 3.8) is 0 Å². The van der Waals surface area contributed by atoms with Crippen LogP contribution in [0.4, 0.5) is 0 Å². The molecule has 0 bridgehead atoms. The van der Waals surface area contributed by atoms with Crippen molar-refractivity contribution in [2.75, 3.05) is 47.9 Å². The van der Waals surface area contributed by atoms with E-state index in [2.05, 4.69) is 15.2 Å². The first-order valence-corrected chi connectivity index (χ1v) is 23.5. The number of hydrogen-bond acceptors (Lipinski definition) is 16. The standard InChI is InChI=1S/C44H78IN5O13/c1-24-19-42(7,55)37(62-40-34(30(48(10)11)18-25(2)59-40)58-17-15-16-47-38(53)31-21-46-23-50(31)13)26(3)33(61-32-20-43(8,57-14)36(52)29(6)60-32)27(4)39(54)63-41(45)44(9,56)35(51)28(5)49(12)22-24/h21,23-30,32-37,40-41,51-52,55-56H,15-20,22H2,1-14H3,(H,47,53)/t24-,25-,26+,27-,28-,29+,30+,32+,33+,34-,35-,36+,37-,40+,41+,42-,43-,44+/m1/s1. The van der Waals surface area contributed by atoms with Crippen LogP contribution in [0.15, 0.2) is 12.5 Å². The molecule has 364 valence electrons. The number of aromatic nitrogens is 2. The number of aryl methyl sites for hydroxylation is 1. The number of nitrogens with zero attached hydrogens (tertiary/aromatic N) is 4. The predicted molar refractivity (Wildman–Crippen MR) is 242 cm³/mol. The molecule has 19 heteroatoms. The molecule has 0 unspecified atom stereocenters. The van der Waals surface area contributed by atoms with Crippen LogP contribution in [0.3, 0.4) is 0 Å². The van der Waals surface area contributed by atoms with E-state index in [1.807, 2.05) is 69.4 Å². The van der Waals surface area contributed by atoms with E-state index in [0.29, 0.717) is 31.6 Å². The summed E-state index contributed by atoms with van der Waals surface area (Å²) in [5.41, 5.74) is -4.03. The smallest absolute Gasteiger partial charge is 0.312 e. The van der Waals surface area contributed by atoms with Gasteiger partial charge in [-0.3, -0.25) is 9.59 Å². The molecule has 0 aromatic carbocycles. The van der Waals surface area contributed by atoms with Gasteiger partial charge in [0.05, 0.1) is 54.1 Å². The maximum absolute atomic E-state index is 14.3. The number of aliphatic hydroxyl groups is 4. The van der Waals surface area contributed by atoms with E-state index in [1.54, 1.807) is 52.6 Å². The second-order valence-corrected chi connectivity index (χ2v) is 20.6. The molecule has 1 aromatic rings. The molecule has 3 saturated heterocycles. The van der Waals surface area contributed by atoms with Crippen molar-refractivity contribution < 1.29 is 63.2 Å². The van der Waals surface area contributed by atoms with Crippen molar-refractivity contribution in [3.8, 4) is 0 Å². The number of imidazole rings is 1. The van der Waals surface area contributed by atoms with E-state index in [4.69, 9.17) is 33.2 Å². The third kappa shape index (κ3) is 13.1. The summed E-state index contributed by atoms with van der Waals surface area (Å²) >= 11 is 1.84. The van der Waals surface area contributed by atoms with E-state index in [9.17, 15) is 30.0 Å². The number of rotatable bonds is 12. The van der Waals surface area contributed by atoms with Crippen molar-refractivity contribution in [2.45, 2.75) is 176 Å². The summed E-state index contributed by atoms with van der Waals surface area (Å²) in [5.74, 6) is -2.93. The van der Waals surface area contributed by atoms with Crippen LogP contribution >= 0.6 is 22.6 Å². The highest BCUT2D eigenvalue weighted by Gasteiger charge is 2.53. The molecule has 18 atom stereocenters. The van der Waals surface area contributed by atoms with Gasteiger partial charge in [-0.2, -0.15) is 0 Å². The van der Waals surface area contributed by atoms with Crippen LogP contribution in [0, 0.1) is 17.8 Å². The molecule has 0 aliphatic carbocycles. The van der Waals surface area contributed by atoms with Crippen LogP contribution in [-0.2, 0) is 45.0 Å². The first-order valence-electron chi connectivity index (χ1n) is 22.3. The van der Waals surface area contributed by atoms with Gasteiger partial charge in [0, 0.05) is 58.3 Å². The Labute approximate surface area is 388 Å². The second kappa shape index (κ2) is 22.5. The van der Waals surface area contributed by atoms with Gasteiger partial charge in [-0.15, -0.1) is 0 Å². The van der Waals surface area contributed by atoms with E-state index in [-0.39, 0.29) is 43.4 Å². The molecular weight excluding hydrogens is 933 g/mol. The summed E-state index contributed by atoms with van der Waals surface area (Å²) in [7, 11) is 9.03. The van der Waals surface area contributed by atoms with Gasteiger partial charge in [0.25, 0.3) is 5.91 Å². The number of methoxy groups -OCH3 is 1. The Kier molecular flexibility index (Phi) is 19.3. The first kappa shape index (κ1) is 54.0. The van der Waals surface area contributed by atoms with Gasteiger partial charge in [-0.05, 0) is 117 Å². The van der Waals surface area contributed by atoms with Gasteiger partial charge in [-0.25, -0.2) is 4.98 Å². The Morgan fingerprint density at radius 1 is 1.02 bits per heavy atom. The summed E-state index contributed by atoms with van der Waals surface area (Å²) in [6.45, 7) is 16.9. The summed E-state index contributed by atoms with van der Waals surface area (Å²) in [5, 5.41) is 50.0. The van der Waals surface area contributed by atoms with Crippen molar-refractivity contribution in [2.24, 2.45) is 24.8 Å². The van der Waals surface area contributed by atoms with Gasteiger partial charge >= 0.3 is 5.97 Å². The maximum Gasteiger partial charge on any atom is 0.312 e. The second-order valence-electron chi connectivity index (χ2n) is 19.4. The van der Waals surface area contributed by atoms with Crippen molar-refractivity contribution >= 4 is 34.5 Å². The molecule has 0 spiro atoms. The van der Waals surface area contributed by atoms with Crippen LogP contribution in [0.25, 0.3) is 0 Å². The largest absolute Gasteiger partial charge is 0.448 e. The lowest BCUT2D eigenvalue weighted by atomic mass is 9.77. The number of amides is 1. The molecule has 0 radical (unpaired) electrons. The maximum atomic E-state index is 14.3. The number of aliphatic hydroxyl groups excluding tert-OH is 2. The van der Waals surface area contributed by atoms with Crippen LogP contribution in [-0.4, -0.2) is 188 Å². The Morgan fingerprint density at radius 3 is 2.29 bits per heavy atom. The molecule has 0 saturated carbocycles. The van der Waals surface area contributed by atoms with E-state index in [1.165, 1.54) is 20.2 Å². The molecule has 5 N–H and O–H groups in total. The zero-order valence-corrected chi connectivity index (χ0v) is 42.1. The van der Waals surface area contributed by atoms with Crippen molar-refractivity contribution in [1.29, 1.82) is 0 Å². The number of cyclic esters (lactones) is 1. The molecule has 63 heavy (non-hydrogen) atoms. The van der Waals surface area contributed by atoms with E-state index < -0.39 is 94.0 Å². The van der Waals surface area contributed by atoms with Gasteiger partial charge in [0.2, 0.25) is 0 Å². The fourth-order valence-electron chi connectivity index (χ4n) is 9.47. The van der Waals surface area contributed by atoms with Crippen LogP contribution < -0.4 is 5.32 Å². The molecular formula is C44H78IN5O13. The molecule has 1 amide bonds. The Morgan fingerprint density at radius 2 is 1.68 bits per heavy atom. The predicted octanol–water partition coefficient (Wildman–Crippen LogP) is 2.46. The lowest BCUT2D eigenvalue weighted by Crippen LogP contribution is -2.61. The molecule has 4 heterocycles. The number of esters is 1. The normalized spacial score (nSPS) is 42.9. The average molecular weight is 1010 g/mol. The summed E-state index contributed by atoms with van der Waals surface area (Å²) in [4.78, 5) is 35.1. The average Bonchev–Trinajstić information content (AvgIpc) is 3.64. The van der Waals surface area contributed by atoms with Gasteiger partial charge in [0.1, 0.15) is 29.6 Å². The molecule has 18 nitrogen and oxygen atoms in total. The minimum Gasteiger partial charge on any atom is -0.448 e. The topological polar surface area (TPSA) is 216 Å². The quantitative estimate of drug-likeness (QED) is 0.0880. The third-order valence-corrected chi connectivity index (χ3v) is 15.1. The Balaban J connectivity index is 1.75. The summed E-state index contributed by atoms with van der Waals surface area (Å²) < 4.78 is 45.6. The Hall–Kier alpha value is -1.60. The lowest BCUT2D eigenvalue weighted by molar-refractivity contribution is -0.321.